The van der Waals surface area contributed by atoms with Crippen LogP contribution in [-0.4, -0.2) is 9.55 Å². The Balaban J connectivity index is 0.942. The van der Waals surface area contributed by atoms with E-state index < -0.39 is 5.41 Å². The van der Waals surface area contributed by atoms with Crippen molar-refractivity contribution in [2.24, 2.45) is 0 Å². The number of rotatable bonds is 6. The van der Waals surface area contributed by atoms with Gasteiger partial charge >= 0.3 is 0 Å². The van der Waals surface area contributed by atoms with Gasteiger partial charge < -0.3 is 8.98 Å². The topological polar surface area (TPSA) is 31.0 Å². The number of oxazole rings is 1. The molecule has 1 aliphatic carbocycles. The molecule has 0 saturated carbocycles. The van der Waals surface area contributed by atoms with E-state index in [2.05, 4.69) is 204 Å². The molecule has 9 aromatic carbocycles. The Hall–Kier alpha value is -7.75. The molecule has 0 N–H and O–H groups in total. The van der Waals surface area contributed by atoms with Gasteiger partial charge in [-0.25, -0.2) is 4.98 Å². The van der Waals surface area contributed by atoms with Gasteiger partial charge in [0.15, 0.2) is 5.58 Å². The zero-order valence-electron chi connectivity index (χ0n) is 32.1. The minimum absolute atomic E-state index is 0.440. The highest BCUT2D eigenvalue weighted by atomic mass is 16.3. The third-order valence-electron chi connectivity index (χ3n) is 12.3. The van der Waals surface area contributed by atoms with Crippen LogP contribution in [0.3, 0.4) is 0 Å². The monoisotopic (exact) mass is 752 g/mol. The number of hydrogen-bond donors (Lipinski definition) is 0. The van der Waals surface area contributed by atoms with Crippen molar-refractivity contribution in [3.63, 3.8) is 0 Å². The first-order valence-electron chi connectivity index (χ1n) is 20.2. The van der Waals surface area contributed by atoms with Crippen LogP contribution in [0.25, 0.3) is 83.4 Å². The highest BCUT2D eigenvalue weighted by Gasteiger charge is 2.46. The van der Waals surface area contributed by atoms with E-state index in [-0.39, 0.29) is 0 Å². The molecule has 0 saturated heterocycles. The predicted octanol–water partition coefficient (Wildman–Crippen LogP) is 14.3. The van der Waals surface area contributed by atoms with Gasteiger partial charge in [-0.1, -0.05) is 158 Å². The lowest BCUT2D eigenvalue weighted by Crippen LogP contribution is -2.28. The van der Waals surface area contributed by atoms with Gasteiger partial charge in [0, 0.05) is 22.0 Å². The molecule has 0 radical (unpaired) electrons. The van der Waals surface area contributed by atoms with E-state index in [1.807, 2.05) is 24.3 Å². The van der Waals surface area contributed by atoms with E-state index in [0.29, 0.717) is 5.89 Å². The SMILES string of the molecule is c1ccc(C2(c3ccccc3)c3ccccc3-c3ccc(-c4ccc5c(c4)c4ccccc4n5-c4ccc(-c5ccc(-c6nc7ccccc7o6)cc5)cc4)cc32)cc1. The zero-order chi connectivity index (χ0) is 38.9. The maximum Gasteiger partial charge on any atom is 0.227 e. The van der Waals surface area contributed by atoms with Gasteiger partial charge in [-0.3, -0.25) is 0 Å². The van der Waals surface area contributed by atoms with Crippen molar-refractivity contribution in [2.75, 3.05) is 0 Å². The molecule has 0 amide bonds. The fraction of sp³-hybridized carbons (Fsp3) is 0.0179. The Bertz CT molecular complexity index is 3280. The Kier molecular flexibility index (Phi) is 7.45. The first kappa shape index (κ1) is 33.4. The number of nitrogens with zero attached hydrogens (tertiary/aromatic N) is 2. The first-order valence-corrected chi connectivity index (χ1v) is 20.2. The van der Waals surface area contributed by atoms with Crippen LogP contribution in [0.15, 0.2) is 223 Å². The normalized spacial score (nSPS) is 12.9. The van der Waals surface area contributed by atoms with Crippen molar-refractivity contribution < 1.29 is 4.42 Å². The van der Waals surface area contributed by atoms with Gasteiger partial charge in [0.2, 0.25) is 5.89 Å². The molecule has 276 valence electrons. The summed E-state index contributed by atoms with van der Waals surface area (Å²) in [4.78, 5) is 4.68. The molecule has 0 atom stereocenters. The summed E-state index contributed by atoms with van der Waals surface area (Å²) in [6.07, 6.45) is 0. The van der Waals surface area contributed by atoms with Gasteiger partial charge in [-0.15, -0.1) is 0 Å². The van der Waals surface area contributed by atoms with Gasteiger partial charge in [0.1, 0.15) is 5.52 Å². The Morgan fingerprint density at radius 2 is 0.949 bits per heavy atom. The van der Waals surface area contributed by atoms with E-state index in [9.17, 15) is 0 Å². The summed E-state index contributed by atoms with van der Waals surface area (Å²) in [7, 11) is 0. The number of aromatic nitrogens is 2. The highest BCUT2D eigenvalue weighted by Crippen LogP contribution is 2.56. The van der Waals surface area contributed by atoms with Gasteiger partial charge in [-0.2, -0.15) is 0 Å². The van der Waals surface area contributed by atoms with Crippen molar-refractivity contribution in [1.29, 1.82) is 0 Å². The molecule has 2 heterocycles. The second kappa shape index (κ2) is 13.2. The minimum atomic E-state index is -0.440. The Labute approximate surface area is 342 Å². The van der Waals surface area contributed by atoms with Crippen LogP contribution in [0.4, 0.5) is 0 Å². The largest absolute Gasteiger partial charge is 0.436 e. The number of para-hydroxylation sites is 3. The summed E-state index contributed by atoms with van der Waals surface area (Å²) in [5, 5.41) is 2.47. The van der Waals surface area contributed by atoms with E-state index in [1.54, 1.807) is 0 Å². The standard InChI is InChI=1S/C56H36N2O/c1-3-13-42(14-4-1)56(43-15-5-2-6-16-43)49-19-9-7-17-45(49)46-33-29-41(36-50(46)56)40-30-34-53-48(35-40)47-18-8-11-21-52(47)58(53)44-31-27-38(28-32-44)37-23-25-39(26-24-37)55-57-51-20-10-12-22-54(51)59-55/h1-36H. The molecular formula is C56H36N2O. The lowest BCUT2D eigenvalue weighted by atomic mass is 9.67. The molecule has 1 aliphatic rings. The van der Waals surface area contributed by atoms with Crippen LogP contribution in [-0.2, 0) is 5.41 Å². The van der Waals surface area contributed by atoms with Crippen LogP contribution in [0, 0.1) is 0 Å². The average molecular weight is 753 g/mol. The molecule has 0 fully saturated rings. The lowest BCUT2D eigenvalue weighted by Gasteiger charge is -2.34. The van der Waals surface area contributed by atoms with Crippen molar-refractivity contribution in [1.82, 2.24) is 9.55 Å². The van der Waals surface area contributed by atoms with E-state index in [1.165, 1.54) is 66.3 Å². The zero-order valence-corrected chi connectivity index (χ0v) is 32.1. The van der Waals surface area contributed by atoms with Crippen molar-refractivity contribution >= 4 is 32.9 Å². The fourth-order valence-corrected chi connectivity index (χ4v) is 9.66. The van der Waals surface area contributed by atoms with E-state index >= 15 is 0 Å². The molecule has 0 aliphatic heterocycles. The third kappa shape index (κ3) is 5.11. The van der Waals surface area contributed by atoms with E-state index in [4.69, 9.17) is 4.42 Å². The molecule has 3 nitrogen and oxygen atoms in total. The fourth-order valence-electron chi connectivity index (χ4n) is 9.66. The maximum absolute atomic E-state index is 6.02. The van der Waals surface area contributed by atoms with Crippen LogP contribution < -0.4 is 0 Å². The van der Waals surface area contributed by atoms with E-state index in [0.717, 1.165) is 33.5 Å². The number of fused-ring (bicyclic) bond motifs is 7. The first-order chi connectivity index (χ1) is 29.2. The molecular weight excluding hydrogens is 717 g/mol. The summed E-state index contributed by atoms with van der Waals surface area (Å²) >= 11 is 0. The quantitative estimate of drug-likeness (QED) is 0.169. The van der Waals surface area contributed by atoms with Crippen LogP contribution >= 0.6 is 0 Å². The maximum atomic E-state index is 6.02. The molecule has 11 aromatic rings. The van der Waals surface area contributed by atoms with Gasteiger partial charge in [0.25, 0.3) is 0 Å². The number of hydrogen-bond acceptors (Lipinski definition) is 2. The lowest BCUT2D eigenvalue weighted by molar-refractivity contribution is 0.620. The Morgan fingerprint density at radius 3 is 1.71 bits per heavy atom. The summed E-state index contributed by atoms with van der Waals surface area (Å²) < 4.78 is 8.41. The van der Waals surface area contributed by atoms with Gasteiger partial charge in [-0.05, 0) is 116 Å². The highest BCUT2D eigenvalue weighted by molar-refractivity contribution is 6.10. The summed E-state index contributed by atoms with van der Waals surface area (Å²) in [6.45, 7) is 0. The molecule has 0 unspecified atom stereocenters. The van der Waals surface area contributed by atoms with Gasteiger partial charge in [0.05, 0.1) is 16.4 Å². The summed E-state index contributed by atoms with van der Waals surface area (Å²) in [6, 6.07) is 79.1. The summed E-state index contributed by atoms with van der Waals surface area (Å²) in [5.41, 5.74) is 18.2. The predicted molar refractivity (Wildman–Crippen MR) is 242 cm³/mol. The van der Waals surface area contributed by atoms with Crippen molar-refractivity contribution in [3.8, 4) is 50.5 Å². The molecule has 0 bridgehead atoms. The van der Waals surface area contributed by atoms with Crippen molar-refractivity contribution in [2.45, 2.75) is 5.41 Å². The average Bonchev–Trinajstić information content (AvgIpc) is 3.99. The molecule has 12 rings (SSSR count). The summed E-state index contributed by atoms with van der Waals surface area (Å²) in [5.74, 6) is 0.636. The molecule has 0 spiro atoms. The second-order valence-electron chi connectivity index (χ2n) is 15.5. The molecule has 2 aromatic heterocycles. The van der Waals surface area contributed by atoms with Crippen LogP contribution in [0.5, 0.6) is 0 Å². The Morgan fingerprint density at radius 1 is 0.390 bits per heavy atom. The minimum Gasteiger partial charge on any atom is -0.436 e. The van der Waals surface area contributed by atoms with Crippen LogP contribution in [0.2, 0.25) is 0 Å². The smallest absolute Gasteiger partial charge is 0.227 e. The number of benzene rings is 9. The van der Waals surface area contributed by atoms with Crippen LogP contribution in [0.1, 0.15) is 22.3 Å². The third-order valence-corrected chi connectivity index (χ3v) is 12.3. The second-order valence-corrected chi connectivity index (χ2v) is 15.5. The molecule has 3 heteroatoms. The molecule has 59 heavy (non-hydrogen) atoms. The van der Waals surface area contributed by atoms with Crippen molar-refractivity contribution in [3.05, 3.63) is 241 Å².